The molecular formula is C15H19N3O3. The van der Waals surface area contributed by atoms with Gasteiger partial charge in [-0.1, -0.05) is 0 Å². The van der Waals surface area contributed by atoms with Crippen molar-refractivity contribution in [2.24, 2.45) is 0 Å². The lowest BCUT2D eigenvalue weighted by Crippen LogP contribution is -2.11. The van der Waals surface area contributed by atoms with Crippen molar-refractivity contribution in [1.29, 1.82) is 0 Å². The van der Waals surface area contributed by atoms with Gasteiger partial charge in [0.1, 0.15) is 12.9 Å². The van der Waals surface area contributed by atoms with Crippen molar-refractivity contribution in [2.75, 3.05) is 7.11 Å². The number of carbonyl (C=O) groups excluding carboxylic acids is 1. The number of Topliss-reactive ketones (excluding diaryl/α,β-unsaturated/α-hetero) is 1. The Balaban J connectivity index is 2.16. The van der Waals surface area contributed by atoms with Crippen molar-refractivity contribution in [3.8, 4) is 11.5 Å². The van der Waals surface area contributed by atoms with Crippen LogP contribution in [-0.4, -0.2) is 27.7 Å². The van der Waals surface area contributed by atoms with E-state index < -0.39 is 0 Å². The number of carbonyl (C=O) groups is 1. The molecule has 0 saturated carbocycles. The van der Waals surface area contributed by atoms with Gasteiger partial charge in [-0.05, 0) is 39.0 Å². The Hall–Kier alpha value is -2.37. The summed E-state index contributed by atoms with van der Waals surface area (Å²) in [4.78, 5) is 15.6. The number of rotatable bonds is 6. The maximum atomic E-state index is 11.4. The zero-order valence-electron chi connectivity index (χ0n) is 12.7. The van der Waals surface area contributed by atoms with E-state index >= 15 is 0 Å². The van der Waals surface area contributed by atoms with Crippen LogP contribution in [0.3, 0.4) is 0 Å². The molecule has 0 fully saturated rings. The number of aromatic nitrogens is 3. The third kappa shape index (κ3) is 3.39. The fraction of sp³-hybridized carbons (Fsp3) is 0.400. The van der Waals surface area contributed by atoms with Crippen LogP contribution in [-0.2, 0) is 6.61 Å². The fourth-order valence-corrected chi connectivity index (χ4v) is 1.96. The van der Waals surface area contributed by atoms with E-state index in [2.05, 4.69) is 10.1 Å². The second-order valence-corrected chi connectivity index (χ2v) is 4.93. The summed E-state index contributed by atoms with van der Waals surface area (Å²) >= 11 is 0. The molecule has 0 aliphatic heterocycles. The van der Waals surface area contributed by atoms with Gasteiger partial charge < -0.3 is 9.47 Å². The van der Waals surface area contributed by atoms with Gasteiger partial charge in [-0.15, -0.1) is 0 Å². The summed E-state index contributed by atoms with van der Waals surface area (Å²) < 4.78 is 12.8. The van der Waals surface area contributed by atoms with E-state index in [1.165, 1.54) is 13.3 Å². The van der Waals surface area contributed by atoms with E-state index in [0.29, 0.717) is 17.1 Å². The molecule has 6 heteroatoms. The monoisotopic (exact) mass is 289 g/mol. The second kappa shape index (κ2) is 6.39. The predicted octanol–water partition coefficient (Wildman–Crippen LogP) is 2.65. The van der Waals surface area contributed by atoms with Crippen LogP contribution in [0.5, 0.6) is 11.5 Å². The first kappa shape index (κ1) is 15.0. The number of nitrogens with zero attached hydrogens (tertiary/aromatic N) is 3. The van der Waals surface area contributed by atoms with E-state index in [-0.39, 0.29) is 18.4 Å². The molecule has 0 unspecified atom stereocenters. The van der Waals surface area contributed by atoms with Crippen LogP contribution in [0.1, 0.15) is 43.0 Å². The standard InChI is InChI=1S/C15H19N3O3/c1-10(2)18-15(16-9-17-18)8-21-13-6-5-12(11(3)19)7-14(13)20-4/h5-7,9-10H,8H2,1-4H3. The minimum Gasteiger partial charge on any atom is -0.493 e. The molecule has 0 aliphatic carbocycles. The topological polar surface area (TPSA) is 66.2 Å². The zero-order valence-corrected chi connectivity index (χ0v) is 12.7. The van der Waals surface area contributed by atoms with E-state index in [0.717, 1.165) is 5.82 Å². The van der Waals surface area contributed by atoms with Gasteiger partial charge >= 0.3 is 0 Å². The lowest BCUT2D eigenvalue weighted by atomic mass is 10.1. The van der Waals surface area contributed by atoms with Crippen molar-refractivity contribution in [2.45, 2.75) is 33.4 Å². The lowest BCUT2D eigenvalue weighted by molar-refractivity contribution is 0.101. The highest BCUT2D eigenvalue weighted by molar-refractivity contribution is 5.94. The van der Waals surface area contributed by atoms with Crippen LogP contribution in [0.2, 0.25) is 0 Å². The van der Waals surface area contributed by atoms with Crippen LogP contribution in [0.25, 0.3) is 0 Å². The van der Waals surface area contributed by atoms with Gasteiger partial charge in [0, 0.05) is 11.6 Å². The predicted molar refractivity (Wildman–Crippen MR) is 77.7 cm³/mol. The molecule has 0 atom stereocenters. The number of methoxy groups -OCH3 is 1. The number of hydrogen-bond acceptors (Lipinski definition) is 5. The van der Waals surface area contributed by atoms with E-state index in [1.54, 1.807) is 30.0 Å². The molecule has 0 amide bonds. The molecule has 6 nitrogen and oxygen atoms in total. The van der Waals surface area contributed by atoms with Gasteiger partial charge in [-0.3, -0.25) is 4.79 Å². The number of hydrogen-bond donors (Lipinski definition) is 0. The van der Waals surface area contributed by atoms with Crippen LogP contribution in [0, 0.1) is 0 Å². The average molecular weight is 289 g/mol. The highest BCUT2D eigenvalue weighted by Crippen LogP contribution is 2.29. The smallest absolute Gasteiger partial charge is 0.165 e. The summed E-state index contributed by atoms with van der Waals surface area (Å²) in [5, 5.41) is 4.16. The van der Waals surface area contributed by atoms with Gasteiger partial charge in [0.15, 0.2) is 23.1 Å². The summed E-state index contributed by atoms with van der Waals surface area (Å²) in [6.45, 7) is 5.86. The Morgan fingerprint density at radius 1 is 1.33 bits per heavy atom. The molecule has 1 aromatic heterocycles. The van der Waals surface area contributed by atoms with E-state index in [9.17, 15) is 4.79 Å². The molecule has 21 heavy (non-hydrogen) atoms. The van der Waals surface area contributed by atoms with Crippen LogP contribution < -0.4 is 9.47 Å². The summed E-state index contributed by atoms with van der Waals surface area (Å²) in [7, 11) is 1.54. The number of benzene rings is 1. The molecule has 1 aromatic carbocycles. The van der Waals surface area contributed by atoms with E-state index in [1.807, 2.05) is 13.8 Å². The molecule has 2 rings (SSSR count). The Labute approximate surface area is 123 Å². The first-order valence-corrected chi connectivity index (χ1v) is 6.73. The average Bonchev–Trinajstić information content (AvgIpc) is 2.93. The Kier molecular flexibility index (Phi) is 4.57. The van der Waals surface area contributed by atoms with Gasteiger partial charge in [0.25, 0.3) is 0 Å². The molecule has 0 aliphatic rings. The first-order valence-electron chi connectivity index (χ1n) is 6.73. The minimum absolute atomic E-state index is 0.0144. The van der Waals surface area contributed by atoms with Crippen molar-refractivity contribution >= 4 is 5.78 Å². The van der Waals surface area contributed by atoms with Gasteiger partial charge in [0.2, 0.25) is 0 Å². The van der Waals surface area contributed by atoms with Crippen molar-refractivity contribution < 1.29 is 14.3 Å². The maximum absolute atomic E-state index is 11.4. The van der Waals surface area contributed by atoms with E-state index in [4.69, 9.17) is 9.47 Å². The molecule has 0 N–H and O–H groups in total. The SMILES string of the molecule is COc1cc(C(C)=O)ccc1OCc1ncnn1C(C)C. The molecule has 112 valence electrons. The second-order valence-electron chi connectivity index (χ2n) is 4.93. The fourth-order valence-electron chi connectivity index (χ4n) is 1.96. The number of ketones is 1. The van der Waals surface area contributed by atoms with Gasteiger partial charge in [-0.25, -0.2) is 9.67 Å². The summed E-state index contributed by atoms with van der Waals surface area (Å²) in [5.41, 5.74) is 0.588. The minimum atomic E-state index is -0.0144. The van der Waals surface area contributed by atoms with Crippen molar-refractivity contribution in [3.63, 3.8) is 0 Å². The molecule has 1 heterocycles. The zero-order chi connectivity index (χ0) is 15.4. The molecule has 0 saturated heterocycles. The summed E-state index contributed by atoms with van der Waals surface area (Å²) in [6.07, 6.45) is 1.51. The quantitative estimate of drug-likeness (QED) is 0.765. The third-order valence-corrected chi connectivity index (χ3v) is 3.06. The Bertz CT molecular complexity index is 635. The molecule has 0 spiro atoms. The summed E-state index contributed by atoms with van der Waals surface area (Å²) in [6, 6.07) is 5.33. The Morgan fingerprint density at radius 2 is 2.10 bits per heavy atom. The third-order valence-electron chi connectivity index (χ3n) is 3.06. The molecule has 0 bridgehead atoms. The van der Waals surface area contributed by atoms with Gasteiger partial charge in [0.05, 0.1) is 7.11 Å². The van der Waals surface area contributed by atoms with Crippen molar-refractivity contribution in [1.82, 2.24) is 14.8 Å². The molecule has 0 radical (unpaired) electrons. The van der Waals surface area contributed by atoms with Gasteiger partial charge in [-0.2, -0.15) is 5.10 Å². The van der Waals surface area contributed by atoms with Crippen LogP contribution in [0.15, 0.2) is 24.5 Å². The number of ether oxygens (including phenoxy) is 2. The highest BCUT2D eigenvalue weighted by Gasteiger charge is 2.12. The summed E-state index contributed by atoms with van der Waals surface area (Å²) in [5.74, 6) is 1.82. The van der Waals surface area contributed by atoms with Crippen molar-refractivity contribution in [3.05, 3.63) is 35.9 Å². The largest absolute Gasteiger partial charge is 0.493 e. The normalized spacial score (nSPS) is 10.7. The molecule has 2 aromatic rings. The Morgan fingerprint density at radius 3 is 2.71 bits per heavy atom. The highest BCUT2D eigenvalue weighted by atomic mass is 16.5. The first-order chi connectivity index (χ1) is 10.0. The maximum Gasteiger partial charge on any atom is 0.165 e. The lowest BCUT2D eigenvalue weighted by Gasteiger charge is -2.13. The van der Waals surface area contributed by atoms with Crippen LogP contribution in [0.4, 0.5) is 0 Å². The molecular weight excluding hydrogens is 270 g/mol. The van der Waals surface area contributed by atoms with Crippen LogP contribution >= 0.6 is 0 Å².